The molecule has 0 aliphatic carbocycles. The van der Waals surface area contributed by atoms with Crippen LogP contribution in [0.25, 0.3) is 0 Å². The second kappa shape index (κ2) is 8.21. The number of hydrogen-bond acceptors (Lipinski definition) is 5. The molecule has 5 heteroatoms. The van der Waals surface area contributed by atoms with Crippen molar-refractivity contribution in [1.29, 1.82) is 0 Å². The minimum absolute atomic E-state index is 0.0448. The number of aliphatic hydroxyl groups excluding tert-OH is 1. The first-order chi connectivity index (χ1) is 8.67. The third-order valence-corrected chi connectivity index (χ3v) is 3.25. The van der Waals surface area contributed by atoms with Crippen LogP contribution in [0.4, 0.5) is 0 Å². The fourth-order valence-corrected chi connectivity index (χ4v) is 2.26. The van der Waals surface area contributed by atoms with Crippen molar-refractivity contribution < 1.29 is 19.4 Å². The van der Waals surface area contributed by atoms with Gasteiger partial charge >= 0.3 is 5.97 Å². The molecule has 18 heavy (non-hydrogen) atoms. The van der Waals surface area contributed by atoms with Gasteiger partial charge in [-0.3, -0.25) is 14.5 Å². The lowest BCUT2D eigenvalue weighted by Crippen LogP contribution is -2.44. The summed E-state index contributed by atoms with van der Waals surface area (Å²) in [6.07, 6.45) is 3.51. The largest absolute Gasteiger partial charge is 0.466 e. The molecule has 1 aliphatic heterocycles. The molecule has 1 saturated heterocycles. The molecule has 1 fully saturated rings. The zero-order valence-electron chi connectivity index (χ0n) is 11.1. The number of ether oxygens (including phenoxy) is 1. The number of ketones is 1. The van der Waals surface area contributed by atoms with Gasteiger partial charge in [0.15, 0.2) is 0 Å². The molecule has 1 atom stereocenters. The van der Waals surface area contributed by atoms with Gasteiger partial charge < -0.3 is 9.84 Å². The van der Waals surface area contributed by atoms with E-state index in [4.69, 9.17) is 4.74 Å². The fraction of sp³-hybridized carbons (Fsp3) is 0.846. The van der Waals surface area contributed by atoms with E-state index in [1.165, 1.54) is 0 Å². The van der Waals surface area contributed by atoms with Crippen molar-refractivity contribution in [3.63, 3.8) is 0 Å². The molecule has 0 aromatic carbocycles. The Bertz CT molecular complexity index is 280. The van der Waals surface area contributed by atoms with Crippen molar-refractivity contribution in [2.24, 2.45) is 0 Å². The number of Topliss-reactive ketones (excluding diaryl/α,β-unsaturated/α-hetero) is 1. The van der Waals surface area contributed by atoms with E-state index in [-0.39, 0.29) is 37.2 Å². The number of carbonyl (C=O) groups is 2. The smallest absolute Gasteiger partial charge is 0.306 e. The van der Waals surface area contributed by atoms with E-state index in [2.05, 4.69) is 0 Å². The van der Waals surface area contributed by atoms with Crippen LogP contribution in [0, 0.1) is 0 Å². The molecule has 1 rings (SSSR count). The van der Waals surface area contributed by atoms with E-state index in [1.54, 1.807) is 6.92 Å². The van der Waals surface area contributed by atoms with Gasteiger partial charge in [-0.2, -0.15) is 0 Å². The number of carbonyl (C=O) groups excluding carboxylic acids is 2. The molecule has 1 N–H and O–H groups in total. The highest BCUT2D eigenvalue weighted by atomic mass is 16.5. The summed E-state index contributed by atoms with van der Waals surface area (Å²) < 4.78 is 4.78. The minimum Gasteiger partial charge on any atom is -0.466 e. The van der Waals surface area contributed by atoms with Crippen LogP contribution in [0.2, 0.25) is 0 Å². The van der Waals surface area contributed by atoms with Crippen molar-refractivity contribution >= 4 is 11.8 Å². The molecule has 1 heterocycles. The molecule has 0 aromatic rings. The van der Waals surface area contributed by atoms with Gasteiger partial charge in [0.05, 0.1) is 26.2 Å². The zero-order valence-corrected chi connectivity index (χ0v) is 11.1. The second-order valence-corrected chi connectivity index (χ2v) is 4.65. The van der Waals surface area contributed by atoms with Gasteiger partial charge in [-0.05, 0) is 26.3 Å². The highest BCUT2D eigenvalue weighted by molar-refractivity contribution is 5.84. The normalized spacial score (nSPS) is 20.7. The predicted octanol–water partition coefficient (Wildman–Crippen LogP) is 0.746. The van der Waals surface area contributed by atoms with Crippen LogP contribution in [0.1, 0.15) is 39.0 Å². The summed E-state index contributed by atoms with van der Waals surface area (Å²) >= 11 is 0. The molecule has 0 radical (unpaired) electrons. The van der Waals surface area contributed by atoms with Crippen molar-refractivity contribution in [1.82, 2.24) is 4.90 Å². The van der Waals surface area contributed by atoms with Crippen molar-refractivity contribution in [3.8, 4) is 0 Å². The summed E-state index contributed by atoms with van der Waals surface area (Å²) in [6.45, 7) is 3.40. The van der Waals surface area contributed by atoms with Gasteiger partial charge in [0.1, 0.15) is 5.78 Å². The van der Waals surface area contributed by atoms with Crippen molar-refractivity contribution in [2.45, 2.75) is 45.1 Å². The molecular weight excluding hydrogens is 234 g/mol. The van der Waals surface area contributed by atoms with E-state index in [0.717, 1.165) is 25.8 Å². The summed E-state index contributed by atoms with van der Waals surface area (Å²) in [5, 5.41) is 9.24. The monoisotopic (exact) mass is 257 g/mol. The Morgan fingerprint density at radius 3 is 2.78 bits per heavy atom. The van der Waals surface area contributed by atoms with E-state index < -0.39 is 0 Å². The number of esters is 1. The van der Waals surface area contributed by atoms with Gasteiger partial charge in [-0.25, -0.2) is 0 Å². The van der Waals surface area contributed by atoms with Crippen molar-refractivity contribution in [2.75, 3.05) is 26.3 Å². The summed E-state index contributed by atoms with van der Waals surface area (Å²) in [5.74, 6) is -0.272. The highest BCUT2D eigenvalue weighted by Gasteiger charge is 2.23. The quantitative estimate of drug-likeness (QED) is 0.682. The van der Waals surface area contributed by atoms with Crippen LogP contribution in [0.3, 0.4) is 0 Å². The molecular formula is C13H23NO4. The van der Waals surface area contributed by atoms with Gasteiger partial charge in [-0.1, -0.05) is 6.42 Å². The summed E-state index contributed by atoms with van der Waals surface area (Å²) in [7, 11) is 0. The second-order valence-electron chi connectivity index (χ2n) is 4.65. The standard InChI is InChI=1S/C13H23NO4/c1-2-18-13(17)7-6-12(16)9-14-8-4-3-5-11(14)10-15/h11,15H,2-10H2,1H3. The molecule has 0 aromatic heterocycles. The zero-order chi connectivity index (χ0) is 13.4. The molecule has 0 amide bonds. The maximum absolute atomic E-state index is 11.8. The average Bonchev–Trinajstić information content (AvgIpc) is 2.37. The summed E-state index contributed by atoms with van der Waals surface area (Å²) in [4.78, 5) is 24.9. The van der Waals surface area contributed by atoms with Crippen LogP contribution in [-0.4, -0.2) is 54.1 Å². The topological polar surface area (TPSA) is 66.8 Å². The summed E-state index contributed by atoms with van der Waals surface area (Å²) in [6, 6.07) is 0.102. The lowest BCUT2D eigenvalue weighted by Gasteiger charge is -2.33. The Balaban J connectivity index is 2.27. The maximum Gasteiger partial charge on any atom is 0.306 e. The summed E-state index contributed by atoms with van der Waals surface area (Å²) in [5.41, 5.74) is 0. The van der Waals surface area contributed by atoms with E-state index in [1.807, 2.05) is 4.90 Å². The van der Waals surface area contributed by atoms with Crippen molar-refractivity contribution in [3.05, 3.63) is 0 Å². The molecule has 0 saturated carbocycles. The first-order valence-corrected chi connectivity index (χ1v) is 6.69. The molecule has 0 bridgehead atoms. The third kappa shape index (κ3) is 5.14. The minimum atomic E-state index is -0.316. The van der Waals surface area contributed by atoms with Crippen LogP contribution >= 0.6 is 0 Å². The number of piperidine rings is 1. The predicted molar refractivity (Wildman–Crippen MR) is 67.2 cm³/mol. The number of hydrogen-bond donors (Lipinski definition) is 1. The van der Waals surface area contributed by atoms with Crippen LogP contribution in [-0.2, 0) is 14.3 Å². The lowest BCUT2D eigenvalue weighted by atomic mass is 10.0. The van der Waals surface area contributed by atoms with Gasteiger partial charge in [0.2, 0.25) is 0 Å². The Morgan fingerprint density at radius 1 is 1.33 bits per heavy atom. The SMILES string of the molecule is CCOC(=O)CCC(=O)CN1CCCCC1CO. The van der Waals surface area contributed by atoms with Gasteiger partial charge in [-0.15, -0.1) is 0 Å². The molecule has 0 spiro atoms. The first-order valence-electron chi connectivity index (χ1n) is 6.69. The van der Waals surface area contributed by atoms with E-state index in [0.29, 0.717) is 13.2 Å². The molecule has 1 aliphatic rings. The Morgan fingerprint density at radius 2 is 2.11 bits per heavy atom. The number of nitrogens with zero attached hydrogens (tertiary/aromatic N) is 1. The first kappa shape index (κ1) is 15.1. The highest BCUT2D eigenvalue weighted by Crippen LogP contribution is 2.16. The van der Waals surface area contributed by atoms with Crippen LogP contribution in [0.5, 0.6) is 0 Å². The molecule has 104 valence electrons. The maximum atomic E-state index is 11.8. The number of likely N-dealkylation sites (tertiary alicyclic amines) is 1. The third-order valence-electron chi connectivity index (χ3n) is 3.25. The Labute approximate surface area is 108 Å². The van der Waals surface area contributed by atoms with Crippen LogP contribution < -0.4 is 0 Å². The number of aliphatic hydroxyl groups is 1. The fourth-order valence-electron chi connectivity index (χ4n) is 2.26. The van der Waals surface area contributed by atoms with E-state index >= 15 is 0 Å². The lowest BCUT2D eigenvalue weighted by molar-refractivity contribution is -0.144. The van der Waals surface area contributed by atoms with Gasteiger partial charge in [0, 0.05) is 12.5 Å². The van der Waals surface area contributed by atoms with Crippen LogP contribution in [0.15, 0.2) is 0 Å². The Kier molecular flexibility index (Phi) is 6.90. The average molecular weight is 257 g/mol. The van der Waals surface area contributed by atoms with E-state index in [9.17, 15) is 14.7 Å². The molecule has 1 unspecified atom stereocenters. The number of rotatable bonds is 7. The van der Waals surface area contributed by atoms with Gasteiger partial charge in [0.25, 0.3) is 0 Å². The Hall–Kier alpha value is -0.940. The molecule has 5 nitrogen and oxygen atoms in total.